The first-order chi connectivity index (χ1) is 16.5. The van der Waals surface area contributed by atoms with Crippen LogP contribution in [0.25, 0.3) is 0 Å². The van der Waals surface area contributed by atoms with E-state index in [9.17, 15) is 19.5 Å². The number of amides is 1. The Bertz CT molecular complexity index is 1090. The van der Waals surface area contributed by atoms with E-state index in [1.54, 1.807) is 23.6 Å². The maximum absolute atomic E-state index is 13.6. The monoisotopic (exact) mass is 499 g/mol. The number of benzene rings is 2. The molecule has 1 heterocycles. The molecule has 2 aromatic rings. The largest absolute Gasteiger partial charge is 0.478 e. The molecule has 1 N–H and O–H groups in total. The van der Waals surface area contributed by atoms with Crippen LogP contribution in [0.15, 0.2) is 41.3 Å². The molecular formula is C27H33NO6S. The first-order valence-corrected chi connectivity index (χ1v) is 12.8. The van der Waals surface area contributed by atoms with Crippen molar-refractivity contribution in [3.8, 4) is 5.75 Å². The van der Waals surface area contributed by atoms with E-state index in [0.29, 0.717) is 17.9 Å². The normalized spacial score (nSPS) is 17.8. The third-order valence-electron chi connectivity index (χ3n) is 6.34. The first kappa shape index (κ1) is 26.6. The van der Waals surface area contributed by atoms with Crippen molar-refractivity contribution in [1.29, 1.82) is 0 Å². The molecule has 1 amide bonds. The number of Topliss-reactive ketones (excluding diaryl/α,β-unsaturated/α-hetero) is 1. The van der Waals surface area contributed by atoms with Gasteiger partial charge in [0, 0.05) is 35.4 Å². The summed E-state index contributed by atoms with van der Waals surface area (Å²) in [6.07, 6.45) is 1.55. The molecule has 0 bridgehead atoms. The lowest BCUT2D eigenvalue weighted by atomic mass is 9.82. The van der Waals surface area contributed by atoms with Crippen molar-refractivity contribution >= 4 is 29.6 Å². The van der Waals surface area contributed by atoms with Crippen molar-refractivity contribution < 1.29 is 29.0 Å². The van der Waals surface area contributed by atoms with Gasteiger partial charge in [0.25, 0.3) is 0 Å². The summed E-state index contributed by atoms with van der Waals surface area (Å²) in [4.78, 5) is 40.3. The van der Waals surface area contributed by atoms with E-state index in [0.717, 1.165) is 21.6 Å². The van der Waals surface area contributed by atoms with Crippen LogP contribution in [0, 0.1) is 19.8 Å². The molecule has 35 heavy (non-hydrogen) atoms. The number of aliphatic carboxylic acids is 1. The summed E-state index contributed by atoms with van der Waals surface area (Å²) in [6, 6.07) is 11.4. The molecule has 2 atom stereocenters. The molecule has 1 aliphatic rings. The maximum Gasteiger partial charge on any atom is 0.409 e. The second-order valence-corrected chi connectivity index (χ2v) is 10.2. The number of carboxylic acid groups (broad SMARTS) is 1. The summed E-state index contributed by atoms with van der Waals surface area (Å²) in [6.45, 7) is 9.39. The third-order valence-corrected chi connectivity index (χ3v) is 7.08. The van der Waals surface area contributed by atoms with Crippen LogP contribution in [-0.4, -0.2) is 59.4 Å². The zero-order valence-corrected chi connectivity index (χ0v) is 21.9. The minimum atomic E-state index is -1.38. The lowest BCUT2D eigenvalue weighted by molar-refractivity contribution is -0.152. The summed E-state index contributed by atoms with van der Waals surface area (Å²) in [5.41, 5.74) is 1.69. The van der Waals surface area contributed by atoms with Crippen molar-refractivity contribution in [1.82, 2.24) is 4.90 Å². The molecule has 2 unspecified atom stereocenters. The van der Waals surface area contributed by atoms with E-state index in [1.807, 2.05) is 56.5 Å². The van der Waals surface area contributed by atoms with Crippen LogP contribution in [0.1, 0.15) is 53.7 Å². The highest BCUT2D eigenvalue weighted by molar-refractivity contribution is 7.98. The van der Waals surface area contributed by atoms with Crippen molar-refractivity contribution in [2.24, 2.45) is 5.92 Å². The van der Waals surface area contributed by atoms with E-state index in [2.05, 4.69) is 0 Å². The van der Waals surface area contributed by atoms with Gasteiger partial charge in [-0.25, -0.2) is 9.59 Å². The second kappa shape index (κ2) is 10.7. The van der Waals surface area contributed by atoms with Crippen LogP contribution in [0.3, 0.4) is 0 Å². The standard InChI is InChI=1S/C27H33NO6S/c1-7-33-26(32)28-14-21(22(15-28)23(29)18-8-10-20(35-6)11-9-18)19-12-16(2)24(17(3)13-19)34-27(4,5)25(30)31/h8-13,21-22H,7,14-15H2,1-6H3,(H,30,31). The Balaban J connectivity index is 1.97. The minimum Gasteiger partial charge on any atom is -0.478 e. The van der Waals surface area contributed by atoms with Gasteiger partial charge < -0.3 is 19.5 Å². The van der Waals surface area contributed by atoms with Crippen molar-refractivity contribution in [3.63, 3.8) is 0 Å². The van der Waals surface area contributed by atoms with E-state index < -0.39 is 23.6 Å². The number of thioether (sulfide) groups is 1. The van der Waals surface area contributed by atoms with Gasteiger partial charge in [-0.3, -0.25) is 4.79 Å². The highest BCUT2D eigenvalue weighted by atomic mass is 32.2. The number of hydrogen-bond acceptors (Lipinski definition) is 6. The number of aryl methyl sites for hydroxylation is 2. The van der Waals surface area contributed by atoms with Gasteiger partial charge in [-0.05, 0) is 69.7 Å². The fraction of sp³-hybridized carbons (Fsp3) is 0.444. The summed E-state index contributed by atoms with van der Waals surface area (Å²) in [5.74, 6) is -1.22. The van der Waals surface area contributed by atoms with Crippen molar-refractivity contribution in [3.05, 3.63) is 58.7 Å². The van der Waals surface area contributed by atoms with Gasteiger partial charge in [-0.1, -0.05) is 24.3 Å². The topological polar surface area (TPSA) is 93.1 Å². The molecule has 0 radical (unpaired) electrons. The number of ketones is 1. The molecule has 2 aromatic carbocycles. The van der Waals surface area contributed by atoms with Gasteiger partial charge in [0.1, 0.15) is 5.75 Å². The third kappa shape index (κ3) is 5.81. The van der Waals surface area contributed by atoms with Gasteiger partial charge in [0.15, 0.2) is 11.4 Å². The van der Waals surface area contributed by atoms with Crippen LogP contribution in [0.5, 0.6) is 5.75 Å². The average molecular weight is 500 g/mol. The lowest BCUT2D eigenvalue weighted by Gasteiger charge is -2.26. The molecule has 0 aromatic heterocycles. The number of carboxylic acids is 1. The summed E-state index contributed by atoms with van der Waals surface area (Å²) >= 11 is 1.61. The van der Waals surface area contributed by atoms with Crippen LogP contribution in [0.2, 0.25) is 0 Å². The number of ether oxygens (including phenoxy) is 2. The SMILES string of the molecule is CCOC(=O)N1CC(C(=O)c2ccc(SC)cc2)C(c2cc(C)c(OC(C)(C)C(=O)O)c(C)c2)C1. The Labute approximate surface area is 210 Å². The Kier molecular flexibility index (Phi) is 8.15. The average Bonchev–Trinajstić information content (AvgIpc) is 3.26. The molecular weight excluding hydrogens is 466 g/mol. The van der Waals surface area contributed by atoms with Gasteiger partial charge in [-0.15, -0.1) is 11.8 Å². The number of carbonyl (C=O) groups is 3. The van der Waals surface area contributed by atoms with Crippen molar-refractivity contribution in [2.45, 2.75) is 51.0 Å². The fourth-order valence-electron chi connectivity index (χ4n) is 4.40. The highest BCUT2D eigenvalue weighted by Crippen LogP contribution is 2.39. The number of nitrogens with zero attached hydrogens (tertiary/aromatic N) is 1. The van der Waals surface area contributed by atoms with E-state index in [1.165, 1.54) is 13.8 Å². The quantitative estimate of drug-likeness (QED) is 0.388. The molecule has 1 aliphatic heterocycles. The van der Waals surface area contributed by atoms with E-state index >= 15 is 0 Å². The van der Waals surface area contributed by atoms with E-state index in [-0.39, 0.29) is 24.9 Å². The zero-order chi connectivity index (χ0) is 25.9. The summed E-state index contributed by atoms with van der Waals surface area (Å²) in [7, 11) is 0. The van der Waals surface area contributed by atoms with Crippen LogP contribution in [-0.2, 0) is 9.53 Å². The van der Waals surface area contributed by atoms with Gasteiger partial charge in [0.05, 0.1) is 6.61 Å². The molecule has 188 valence electrons. The molecule has 3 rings (SSSR count). The smallest absolute Gasteiger partial charge is 0.409 e. The Morgan fingerprint density at radius 3 is 2.20 bits per heavy atom. The molecule has 0 spiro atoms. The van der Waals surface area contributed by atoms with Crippen LogP contribution >= 0.6 is 11.8 Å². The predicted octanol–water partition coefficient (Wildman–Crippen LogP) is 5.32. The Hall–Kier alpha value is -3.00. The molecule has 1 saturated heterocycles. The second-order valence-electron chi connectivity index (χ2n) is 9.31. The summed E-state index contributed by atoms with van der Waals surface area (Å²) in [5, 5.41) is 9.46. The highest BCUT2D eigenvalue weighted by Gasteiger charge is 2.41. The minimum absolute atomic E-state index is 0.0166. The van der Waals surface area contributed by atoms with Crippen LogP contribution in [0.4, 0.5) is 4.79 Å². The molecule has 1 fully saturated rings. The van der Waals surface area contributed by atoms with E-state index in [4.69, 9.17) is 9.47 Å². The number of hydrogen-bond donors (Lipinski definition) is 1. The zero-order valence-electron chi connectivity index (χ0n) is 21.1. The molecule has 0 saturated carbocycles. The van der Waals surface area contributed by atoms with Gasteiger partial charge >= 0.3 is 12.1 Å². The summed E-state index contributed by atoms with van der Waals surface area (Å²) < 4.78 is 11.1. The van der Waals surface area contributed by atoms with Gasteiger partial charge in [0.2, 0.25) is 0 Å². The van der Waals surface area contributed by atoms with Crippen molar-refractivity contribution in [2.75, 3.05) is 26.0 Å². The predicted molar refractivity (Wildman–Crippen MR) is 136 cm³/mol. The first-order valence-electron chi connectivity index (χ1n) is 11.6. The molecule has 0 aliphatic carbocycles. The Morgan fingerprint density at radius 1 is 1.09 bits per heavy atom. The lowest BCUT2D eigenvalue weighted by Crippen LogP contribution is -2.38. The molecule has 7 nitrogen and oxygen atoms in total. The molecule has 8 heteroatoms. The fourth-order valence-corrected chi connectivity index (χ4v) is 4.81. The van der Waals surface area contributed by atoms with Gasteiger partial charge in [-0.2, -0.15) is 0 Å². The maximum atomic E-state index is 13.6. The number of rotatable bonds is 8. The van der Waals surface area contributed by atoms with Crippen LogP contribution < -0.4 is 4.74 Å². The number of likely N-dealkylation sites (tertiary alicyclic amines) is 1. The Morgan fingerprint density at radius 2 is 1.69 bits per heavy atom. The number of carbonyl (C=O) groups excluding carboxylic acids is 2.